The van der Waals surface area contributed by atoms with Gasteiger partial charge >= 0.3 is 0 Å². The van der Waals surface area contributed by atoms with Crippen LogP contribution in [0.1, 0.15) is 36.4 Å². The highest BCUT2D eigenvalue weighted by molar-refractivity contribution is 14.1. The van der Waals surface area contributed by atoms with E-state index in [1.54, 1.807) is 0 Å². The molecule has 1 aromatic heterocycles. The van der Waals surface area contributed by atoms with Gasteiger partial charge in [-0.25, -0.2) is 0 Å². The molecule has 0 radical (unpaired) electrons. The maximum Gasteiger partial charge on any atom is 0.0762 e. The average molecular weight is 416 g/mol. The molecule has 0 spiro atoms. The van der Waals surface area contributed by atoms with Gasteiger partial charge in [-0.05, 0) is 91.3 Å². The number of aliphatic imine (C=N–C) groups is 1. The zero-order valence-corrected chi connectivity index (χ0v) is 16.4. The molecule has 0 saturated heterocycles. The molecule has 0 fully saturated rings. The molecule has 3 heteroatoms. The summed E-state index contributed by atoms with van der Waals surface area (Å²) in [4.78, 5) is 4.82. The lowest BCUT2D eigenvalue weighted by Gasteiger charge is -2.15. The Morgan fingerprint density at radius 3 is 2.17 bits per heavy atom. The van der Waals surface area contributed by atoms with E-state index in [1.807, 2.05) is 0 Å². The number of allylic oxidation sites excluding steroid dienone is 2. The van der Waals surface area contributed by atoms with Crippen molar-refractivity contribution in [1.82, 2.24) is 4.57 Å². The van der Waals surface area contributed by atoms with Gasteiger partial charge in [-0.15, -0.1) is 0 Å². The summed E-state index contributed by atoms with van der Waals surface area (Å²) >= 11 is 2.35. The first-order valence-electron chi connectivity index (χ1n) is 7.76. The van der Waals surface area contributed by atoms with Gasteiger partial charge in [-0.1, -0.05) is 12.1 Å². The van der Waals surface area contributed by atoms with Gasteiger partial charge < -0.3 is 4.57 Å². The maximum absolute atomic E-state index is 4.82. The Balaban J connectivity index is 2.34. The van der Waals surface area contributed by atoms with Crippen LogP contribution in [-0.2, 0) is 7.05 Å². The van der Waals surface area contributed by atoms with Crippen molar-refractivity contribution in [2.75, 3.05) is 0 Å². The highest BCUT2D eigenvalue weighted by Gasteiger charge is 2.21. The van der Waals surface area contributed by atoms with Crippen molar-refractivity contribution < 1.29 is 0 Å². The van der Waals surface area contributed by atoms with Crippen LogP contribution in [0.3, 0.4) is 0 Å². The van der Waals surface area contributed by atoms with Gasteiger partial charge in [-0.2, -0.15) is 0 Å². The molecule has 0 atom stereocenters. The Hall–Kier alpha value is -1.62. The van der Waals surface area contributed by atoms with E-state index >= 15 is 0 Å². The van der Waals surface area contributed by atoms with Crippen molar-refractivity contribution in [3.05, 3.63) is 73.8 Å². The number of rotatable bonds is 2. The number of aromatic nitrogens is 1. The van der Waals surface area contributed by atoms with E-state index in [-0.39, 0.29) is 0 Å². The van der Waals surface area contributed by atoms with Crippen LogP contribution in [0.4, 0.5) is 0 Å². The number of benzene rings is 1. The molecule has 0 unspecified atom stereocenters. The largest absolute Gasteiger partial charge is 0.348 e. The van der Waals surface area contributed by atoms with Gasteiger partial charge in [0.1, 0.15) is 0 Å². The van der Waals surface area contributed by atoms with Gasteiger partial charge in [0.2, 0.25) is 0 Å². The SMILES string of the molecule is CC1=CC(C)=N/C1=C(/c1ccc(I)cc1)c1c(C)cc(C)n1C. The molecule has 2 aromatic rings. The maximum atomic E-state index is 4.82. The van der Waals surface area contributed by atoms with Crippen molar-refractivity contribution >= 4 is 33.9 Å². The Morgan fingerprint density at radius 1 is 1.04 bits per heavy atom. The lowest BCUT2D eigenvalue weighted by molar-refractivity contribution is 0.863. The van der Waals surface area contributed by atoms with Gasteiger partial charge in [0.05, 0.1) is 11.4 Å². The predicted molar refractivity (Wildman–Crippen MR) is 107 cm³/mol. The third-order valence-electron chi connectivity index (χ3n) is 4.36. The summed E-state index contributed by atoms with van der Waals surface area (Å²) in [5.74, 6) is 0. The van der Waals surface area contributed by atoms with E-state index in [1.165, 1.54) is 37.2 Å². The molecular formula is C20H21IN2. The monoisotopic (exact) mass is 416 g/mol. The highest BCUT2D eigenvalue weighted by Crippen LogP contribution is 2.36. The Kier molecular flexibility index (Phi) is 4.32. The van der Waals surface area contributed by atoms with Crippen LogP contribution in [0.2, 0.25) is 0 Å². The average Bonchev–Trinajstić information content (AvgIpc) is 2.94. The van der Waals surface area contributed by atoms with Crippen molar-refractivity contribution in [2.45, 2.75) is 27.7 Å². The fourth-order valence-electron chi connectivity index (χ4n) is 3.22. The topological polar surface area (TPSA) is 17.3 Å². The molecule has 1 aliphatic rings. The van der Waals surface area contributed by atoms with Crippen LogP contribution in [-0.4, -0.2) is 10.3 Å². The Labute approximate surface area is 151 Å². The van der Waals surface area contributed by atoms with Crippen LogP contribution in [0.5, 0.6) is 0 Å². The van der Waals surface area contributed by atoms with Crippen molar-refractivity contribution in [3.8, 4) is 0 Å². The second-order valence-corrected chi connectivity index (χ2v) is 7.43. The summed E-state index contributed by atoms with van der Waals surface area (Å²) in [6.45, 7) is 8.54. The molecule has 2 heterocycles. The third-order valence-corrected chi connectivity index (χ3v) is 5.08. The van der Waals surface area contributed by atoms with Gasteiger partial charge in [0, 0.05) is 27.6 Å². The minimum absolute atomic E-state index is 1.07. The minimum atomic E-state index is 1.07. The van der Waals surface area contributed by atoms with Crippen LogP contribution in [0, 0.1) is 17.4 Å². The quantitative estimate of drug-likeness (QED) is 0.582. The summed E-state index contributed by atoms with van der Waals surface area (Å²) in [6.07, 6.45) is 2.16. The highest BCUT2D eigenvalue weighted by atomic mass is 127. The summed E-state index contributed by atoms with van der Waals surface area (Å²) in [7, 11) is 2.13. The van der Waals surface area contributed by atoms with E-state index in [0.717, 1.165) is 11.4 Å². The normalized spacial score (nSPS) is 16.4. The second-order valence-electron chi connectivity index (χ2n) is 6.19. The molecule has 118 valence electrons. The minimum Gasteiger partial charge on any atom is -0.348 e. The zero-order chi connectivity index (χ0) is 16.7. The molecular weight excluding hydrogens is 395 g/mol. The first-order chi connectivity index (χ1) is 10.9. The molecule has 1 aliphatic heterocycles. The van der Waals surface area contributed by atoms with Gasteiger partial charge in [0.25, 0.3) is 0 Å². The number of hydrogen-bond donors (Lipinski definition) is 0. The second kappa shape index (κ2) is 6.11. The molecule has 2 nitrogen and oxygen atoms in total. The van der Waals surface area contributed by atoms with Crippen LogP contribution < -0.4 is 0 Å². The van der Waals surface area contributed by atoms with Crippen LogP contribution in [0.15, 0.2) is 52.7 Å². The zero-order valence-electron chi connectivity index (χ0n) is 14.2. The van der Waals surface area contributed by atoms with E-state index in [4.69, 9.17) is 4.99 Å². The van der Waals surface area contributed by atoms with Crippen molar-refractivity contribution in [1.29, 1.82) is 0 Å². The molecule has 0 amide bonds. The van der Waals surface area contributed by atoms with Crippen molar-refractivity contribution in [2.24, 2.45) is 12.0 Å². The number of aryl methyl sites for hydroxylation is 2. The third kappa shape index (κ3) is 2.94. The van der Waals surface area contributed by atoms with E-state index in [9.17, 15) is 0 Å². The summed E-state index contributed by atoms with van der Waals surface area (Å²) < 4.78 is 3.51. The van der Waals surface area contributed by atoms with E-state index in [0.29, 0.717) is 0 Å². The molecule has 1 aromatic carbocycles. The molecule has 3 rings (SSSR count). The Bertz CT molecular complexity index is 862. The summed E-state index contributed by atoms with van der Waals surface area (Å²) in [6, 6.07) is 11.0. The summed E-state index contributed by atoms with van der Waals surface area (Å²) in [5.41, 5.74) is 9.65. The van der Waals surface area contributed by atoms with Gasteiger partial charge in [-0.3, -0.25) is 4.99 Å². The van der Waals surface area contributed by atoms with Gasteiger partial charge in [0.15, 0.2) is 0 Å². The lowest BCUT2D eigenvalue weighted by Crippen LogP contribution is -2.03. The first kappa shape index (κ1) is 16.2. The number of hydrogen-bond acceptors (Lipinski definition) is 1. The first-order valence-corrected chi connectivity index (χ1v) is 8.84. The van der Waals surface area contributed by atoms with E-state index in [2.05, 4.69) is 98.3 Å². The Morgan fingerprint density at radius 2 is 1.70 bits per heavy atom. The molecule has 23 heavy (non-hydrogen) atoms. The standard InChI is InChI=1S/C20H21IN2/c1-12-10-14(3)22-19(12)18(16-6-8-17(21)9-7-16)20-13(2)11-15(4)23(20)5/h6-11H,1-5H3/b19-18-. The lowest BCUT2D eigenvalue weighted by atomic mass is 9.96. The number of halogens is 1. The fourth-order valence-corrected chi connectivity index (χ4v) is 3.58. The van der Waals surface area contributed by atoms with Crippen molar-refractivity contribution in [3.63, 3.8) is 0 Å². The predicted octanol–water partition coefficient (Wildman–Crippen LogP) is 5.43. The molecule has 0 aliphatic carbocycles. The molecule has 0 bridgehead atoms. The molecule has 0 N–H and O–H groups in total. The van der Waals surface area contributed by atoms with E-state index < -0.39 is 0 Å². The number of nitrogens with zero attached hydrogens (tertiary/aromatic N) is 2. The van der Waals surface area contributed by atoms with Crippen LogP contribution >= 0.6 is 22.6 Å². The molecule has 0 saturated carbocycles. The summed E-state index contributed by atoms with van der Waals surface area (Å²) in [5, 5.41) is 0. The smallest absolute Gasteiger partial charge is 0.0762 e. The van der Waals surface area contributed by atoms with Crippen LogP contribution in [0.25, 0.3) is 5.57 Å². The fraction of sp³-hybridized carbons (Fsp3) is 0.250.